The summed E-state index contributed by atoms with van der Waals surface area (Å²) in [5.41, 5.74) is 0.607. The Morgan fingerprint density at radius 1 is 1.12 bits per heavy atom. The quantitative estimate of drug-likeness (QED) is 0.642. The molecule has 0 radical (unpaired) electrons. The molecule has 1 fully saturated rings. The molecule has 1 heterocycles. The summed E-state index contributed by atoms with van der Waals surface area (Å²) in [4.78, 5) is 49.1. The number of rotatable bonds is 5. The SMILES string of the molecule is CN1CC(=O)N(CC(=O)OCC(=O)Nc2cccc3ccccc23)C1=O. The van der Waals surface area contributed by atoms with Gasteiger partial charge in [0.15, 0.2) is 6.61 Å². The van der Waals surface area contributed by atoms with Crippen LogP contribution in [-0.4, -0.2) is 60.4 Å². The Kier molecular flexibility index (Phi) is 4.83. The Labute approximate surface area is 149 Å². The van der Waals surface area contributed by atoms with Crippen LogP contribution in [0.3, 0.4) is 0 Å². The van der Waals surface area contributed by atoms with E-state index in [0.29, 0.717) is 5.69 Å². The van der Waals surface area contributed by atoms with E-state index in [4.69, 9.17) is 4.74 Å². The fraction of sp³-hybridized carbons (Fsp3) is 0.222. The Morgan fingerprint density at radius 3 is 2.58 bits per heavy atom. The third-order valence-corrected chi connectivity index (χ3v) is 3.95. The van der Waals surface area contributed by atoms with Crippen molar-refractivity contribution in [1.29, 1.82) is 0 Å². The van der Waals surface area contributed by atoms with Gasteiger partial charge in [0.2, 0.25) is 0 Å². The lowest BCUT2D eigenvalue weighted by molar-refractivity contribution is -0.149. The molecule has 26 heavy (non-hydrogen) atoms. The topological polar surface area (TPSA) is 96.0 Å². The normalized spacial score (nSPS) is 14.0. The number of nitrogens with zero attached hydrogens (tertiary/aromatic N) is 2. The van der Waals surface area contributed by atoms with Crippen molar-refractivity contribution in [3.05, 3.63) is 42.5 Å². The molecule has 0 saturated carbocycles. The highest BCUT2D eigenvalue weighted by Gasteiger charge is 2.35. The zero-order chi connectivity index (χ0) is 18.7. The monoisotopic (exact) mass is 355 g/mol. The van der Waals surface area contributed by atoms with Crippen molar-refractivity contribution in [2.24, 2.45) is 0 Å². The molecule has 8 heteroatoms. The van der Waals surface area contributed by atoms with Crippen molar-refractivity contribution in [3.63, 3.8) is 0 Å². The van der Waals surface area contributed by atoms with Gasteiger partial charge >= 0.3 is 12.0 Å². The van der Waals surface area contributed by atoms with Crippen molar-refractivity contribution < 1.29 is 23.9 Å². The lowest BCUT2D eigenvalue weighted by atomic mass is 10.1. The van der Waals surface area contributed by atoms with Gasteiger partial charge in [-0.15, -0.1) is 0 Å². The van der Waals surface area contributed by atoms with E-state index in [0.717, 1.165) is 15.7 Å². The summed E-state index contributed by atoms with van der Waals surface area (Å²) in [6.45, 7) is -1.09. The summed E-state index contributed by atoms with van der Waals surface area (Å²) >= 11 is 0. The minimum atomic E-state index is -0.824. The maximum absolute atomic E-state index is 12.0. The molecule has 134 valence electrons. The number of likely N-dealkylation sites (N-methyl/N-ethyl adjacent to an activating group) is 1. The first kappa shape index (κ1) is 17.4. The summed E-state index contributed by atoms with van der Waals surface area (Å²) < 4.78 is 4.87. The minimum absolute atomic E-state index is 0.0757. The van der Waals surface area contributed by atoms with Crippen molar-refractivity contribution >= 4 is 40.3 Å². The molecule has 0 atom stereocenters. The first-order valence-electron chi connectivity index (χ1n) is 7.94. The molecule has 1 aliphatic heterocycles. The molecule has 1 saturated heterocycles. The predicted octanol–water partition coefficient (Wildman–Crippen LogP) is 1.22. The summed E-state index contributed by atoms with van der Waals surface area (Å²) in [5.74, 6) is -1.81. The van der Waals surface area contributed by atoms with Gasteiger partial charge in [0, 0.05) is 18.1 Å². The second-order valence-corrected chi connectivity index (χ2v) is 5.85. The summed E-state index contributed by atoms with van der Waals surface area (Å²) in [7, 11) is 1.46. The molecule has 1 N–H and O–H groups in total. The number of amides is 4. The van der Waals surface area contributed by atoms with E-state index in [1.54, 1.807) is 6.07 Å². The first-order valence-corrected chi connectivity index (χ1v) is 7.94. The maximum Gasteiger partial charge on any atom is 0.327 e. The third-order valence-electron chi connectivity index (χ3n) is 3.95. The van der Waals surface area contributed by atoms with Gasteiger partial charge in [-0.1, -0.05) is 36.4 Å². The zero-order valence-electron chi connectivity index (χ0n) is 14.1. The van der Waals surface area contributed by atoms with Crippen LogP contribution in [0.15, 0.2) is 42.5 Å². The lowest BCUT2D eigenvalue weighted by Crippen LogP contribution is -2.37. The number of fused-ring (bicyclic) bond motifs is 1. The largest absolute Gasteiger partial charge is 0.454 e. The standard InChI is InChI=1S/C18H17N3O5/c1-20-9-16(23)21(18(20)25)10-17(24)26-11-15(22)19-14-8-4-6-12-5-2-3-7-13(12)14/h2-8H,9-11H2,1H3,(H,19,22). The minimum Gasteiger partial charge on any atom is -0.454 e. The highest BCUT2D eigenvalue weighted by molar-refractivity contribution is 6.05. The number of hydrogen-bond donors (Lipinski definition) is 1. The van der Waals surface area contributed by atoms with Gasteiger partial charge in [0.1, 0.15) is 13.1 Å². The number of esters is 1. The average molecular weight is 355 g/mol. The van der Waals surface area contributed by atoms with Gasteiger partial charge < -0.3 is 15.0 Å². The highest BCUT2D eigenvalue weighted by atomic mass is 16.5. The molecule has 0 aliphatic carbocycles. The molecular formula is C18H17N3O5. The van der Waals surface area contributed by atoms with Crippen LogP contribution in [0, 0.1) is 0 Å². The van der Waals surface area contributed by atoms with Crippen LogP contribution in [-0.2, 0) is 19.1 Å². The Morgan fingerprint density at radius 2 is 1.85 bits per heavy atom. The number of hydrogen-bond acceptors (Lipinski definition) is 5. The van der Waals surface area contributed by atoms with Crippen molar-refractivity contribution in [2.45, 2.75) is 0 Å². The van der Waals surface area contributed by atoms with E-state index in [-0.39, 0.29) is 6.54 Å². The number of urea groups is 1. The molecule has 3 rings (SSSR count). The van der Waals surface area contributed by atoms with Gasteiger partial charge in [-0.2, -0.15) is 0 Å². The number of nitrogens with one attached hydrogen (secondary N) is 1. The fourth-order valence-corrected chi connectivity index (χ4v) is 2.67. The molecular weight excluding hydrogens is 338 g/mol. The van der Waals surface area contributed by atoms with E-state index in [2.05, 4.69) is 5.32 Å². The molecule has 4 amide bonds. The van der Waals surface area contributed by atoms with E-state index < -0.39 is 37.0 Å². The smallest absolute Gasteiger partial charge is 0.327 e. The zero-order valence-corrected chi connectivity index (χ0v) is 14.1. The van der Waals surface area contributed by atoms with Crippen molar-refractivity contribution in [3.8, 4) is 0 Å². The van der Waals surface area contributed by atoms with Crippen LogP contribution in [0.25, 0.3) is 10.8 Å². The molecule has 1 aliphatic rings. The Balaban J connectivity index is 1.55. The molecule has 0 bridgehead atoms. The van der Waals surface area contributed by atoms with Gasteiger partial charge in [0.05, 0.1) is 0 Å². The first-order chi connectivity index (χ1) is 12.5. The second-order valence-electron chi connectivity index (χ2n) is 5.85. The van der Waals surface area contributed by atoms with Crippen LogP contribution in [0.4, 0.5) is 10.5 Å². The van der Waals surface area contributed by atoms with Crippen molar-refractivity contribution in [2.75, 3.05) is 32.1 Å². The summed E-state index contributed by atoms with van der Waals surface area (Å²) in [6, 6.07) is 12.5. The molecule has 0 spiro atoms. The molecule has 8 nitrogen and oxygen atoms in total. The molecule has 2 aromatic rings. The fourth-order valence-electron chi connectivity index (χ4n) is 2.67. The summed E-state index contributed by atoms with van der Waals surface area (Å²) in [5, 5.41) is 4.52. The van der Waals surface area contributed by atoms with Crippen LogP contribution in [0.2, 0.25) is 0 Å². The number of imide groups is 1. The predicted molar refractivity (Wildman–Crippen MR) is 93.3 cm³/mol. The van der Waals surface area contributed by atoms with E-state index in [1.165, 1.54) is 11.9 Å². The summed E-state index contributed by atoms with van der Waals surface area (Å²) in [6.07, 6.45) is 0. The van der Waals surface area contributed by atoms with Crippen LogP contribution < -0.4 is 5.32 Å². The lowest BCUT2D eigenvalue weighted by Gasteiger charge is -2.13. The van der Waals surface area contributed by atoms with Crippen LogP contribution in [0.1, 0.15) is 0 Å². The Hall–Kier alpha value is -3.42. The number of anilines is 1. The Bertz CT molecular complexity index is 890. The van der Waals surface area contributed by atoms with Crippen LogP contribution in [0.5, 0.6) is 0 Å². The number of carbonyl (C=O) groups excluding carboxylic acids is 4. The number of carbonyl (C=O) groups is 4. The second kappa shape index (κ2) is 7.22. The van der Waals surface area contributed by atoms with E-state index in [1.807, 2.05) is 36.4 Å². The van der Waals surface area contributed by atoms with E-state index in [9.17, 15) is 19.2 Å². The van der Waals surface area contributed by atoms with Gasteiger partial charge in [-0.05, 0) is 11.5 Å². The molecule has 2 aromatic carbocycles. The maximum atomic E-state index is 12.0. The van der Waals surface area contributed by atoms with Gasteiger partial charge in [0.25, 0.3) is 11.8 Å². The average Bonchev–Trinajstić information content (AvgIpc) is 2.86. The van der Waals surface area contributed by atoms with E-state index >= 15 is 0 Å². The van der Waals surface area contributed by atoms with Gasteiger partial charge in [-0.3, -0.25) is 19.3 Å². The third kappa shape index (κ3) is 3.64. The number of benzene rings is 2. The molecule has 0 unspecified atom stereocenters. The molecule has 0 aromatic heterocycles. The van der Waals surface area contributed by atoms with Crippen molar-refractivity contribution in [1.82, 2.24) is 9.80 Å². The highest BCUT2D eigenvalue weighted by Crippen LogP contribution is 2.22. The van der Waals surface area contributed by atoms with Gasteiger partial charge in [-0.25, -0.2) is 4.79 Å². The van der Waals surface area contributed by atoms with Crippen LogP contribution >= 0.6 is 0 Å². The number of ether oxygens (including phenoxy) is 1.